The summed E-state index contributed by atoms with van der Waals surface area (Å²) in [5.74, 6) is -6.41. The van der Waals surface area contributed by atoms with E-state index in [0.29, 0.717) is 5.56 Å². The number of fused-ring (bicyclic) bond motifs is 1. The van der Waals surface area contributed by atoms with Gasteiger partial charge in [-0.1, -0.05) is 32.0 Å². The summed E-state index contributed by atoms with van der Waals surface area (Å²) < 4.78 is 0. The highest BCUT2D eigenvalue weighted by Gasteiger charge is 2.32. The number of hydrogen-bond acceptors (Lipinski definition) is 7. The normalized spacial score (nSPS) is 14.2. The molecule has 0 spiro atoms. The highest BCUT2D eigenvalue weighted by molar-refractivity contribution is 5.95. The molecule has 1 aromatic heterocycles. The van der Waals surface area contributed by atoms with Gasteiger partial charge in [-0.25, -0.2) is 4.79 Å². The number of benzene rings is 1. The molecule has 0 radical (unpaired) electrons. The number of para-hydroxylation sites is 1. The van der Waals surface area contributed by atoms with Crippen molar-refractivity contribution < 1.29 is 39.0 Å². The van der Waals surface area contributed by atoms with Crippen molar-refractivity contribution in [3.8, 4) is 0 Å². The maximum absolute atomic E-state index is 13.3. The number of nitrogens with one attached hydrogen (secondary N) is 4. The van der Waals surface area contributed by atoms with Gasteiger partial charge in [-0.15, -0.1) is 0 Å². The van der Waals surface area contributed by atoms with Crippen molar-refractivity contribution >= 4 is 46.5 Å². The zero-order chi connectivity index (χ0) is 29.3. The molecule has 0 bridgehead atoms. The van der Waals surface area contributed by atoms with Crippen LogP contribution in [0.1, 0.15) is 38.7 Å². The molecule has 4 amide bonds. The molecule has 0 aliphatic rings. The lowest BCUT2D eigenvalue weighted by Gasteiger charge is -2.26. The summed E-state index contributed by atoms with van der Waals surface area (Å²) in [6, 6.07) is 1.87. The molecule has 0 aliphatic heterocycles. The summed E-state index contributed by atoms with van der Waals surface area (Å²) >= 11 is 0. The minimum Gasteiger partial charge on any atom is -0.481 e. The van der Waals surface area contributed by atoms with Gasteiger partial charge in [0.15, 0.2) is 0 Å². The van der Waals surface area contributed by atoms with Gasteiger partial charge >= 0.3 is 11.9 Å². The molecule has 0 aliphatic carbocycles. The quantitative estimate of drug-likeness (QED) is 0.136. The van der Waals surface area contributed by atoms with Crippen molar-refractivity contribution in [1.82, 2.24) is 20.9 Å². The topological polar surface area (TPSA) is 247 Å². The number of primary amides is 1. The van der Waals surface area contributed by atoms with Gasteiger partial charge in [0.25, 0.3) is 0 Å². The molecule has 1 aromatic carbocycles. The fraction of sp³-hybridized carbons (Fsp3) is 0.440. The average molecular weight is 547 g/mol. The van der Waals surface area contributed by atoms with E-state index in [1.165, 1.54) is 0 Å². The molecule has 0 fully saturated rings. The fourth-order valence-corrected chi connectivity index (χ4v) is 3.88. The van der Waals surface area contributed by atoms with Crippen molar-refractivity contribution in [1.29, 1.82) is 0 Å². The molecule has 2 rings (SSSR count). The average Bonchev–Trinajstić information content (AvgIpc) is 3.26. The molecule has 2 aromatic rings. The summed E-state index contributed by atoms with van der Waals surface area (Å²) in [5, 5.41) is 26.5. The Balaban J connectivity index is 2.34. The molecule has 0 saturated heterocycles. The second-order valence-corrected chi connectivity index (χ2v) is 9.46. The van der Waals surface area contributed by atoms with Gasteiger partial charge in [-0.3, -0.25) is 24.0 Å². The highest BCUT2D eigenvalue weighted by atomic mass is 16.4. The summed E-state index contributed by atoms with van der Waals surface area (Å²) in [4.78, 5) is 75.9. The number of H-pyrrole nitrogens is 1. The molecule has 4 atom stereocenters. The van der Waals surface area contributed by atoms with Crippen LogP contribution in [0.15, 0.2) is 30.5 Å². The number of rotatable bonds is 15. The van der Waals surface area contributed by atoms with Crippen molar-refractivity contribution in [3.63, 3.8) is 0 Å². The Morgan fingerprint density at radius 2 is 1.54 bits per heavy atom. The van der Waals surface area contributed by atoms with Gasteiger partial charge in [0.05, 0.1) is 12.5 Å². The predicted octanol–water partition coefficient (Wildman–Crippen LogP) is -1.03. The lowest BCUT2D eigenvalue weighted by molar-refractivity contribution is -0.143. The number of nitrogens with two attached hydrogens (primary N) is 2. The van der Waals surface area contributed by atoms with Crippen molar-refractivity contribution in [2.45, 2.75) is 63.7 Å². The van der Waals surface area contributed by atoms with Gasteiger partial charge in [0, 0.05) is 29.9 Å². The Bertz CT molecular complexity index is 1230. The van der Waals surface area contributed by atoms with E-state index in [1.54, 1.807) is 26.1 Å². The van der Waals surface area contributed by atoms with Crippen LogP contribution in [0.4, 0.5) is 0 Å². The first-order valence-electron chi connectivity index (χ1n) is 12.2. The molecule has 1 heterocycles. The number of aromatic nitrogens is 1. The zero-order valence-corrected chi connectivity index (χ0v) is 21.6. The van der Waals surface area contributed by atoms with E-state index in [-0.39, 0.29) is 19.3 Å². The molecule has 4 unspecified atom stereocenters. The Labute approximate surface area is 223 Å². The summed E-state index contributed by atoms with van der Waals surface area (Å²) in [6.45, 7) is 3.23. The summed E-state index contributed by atoms with van der Waals surface area (Å²) in [7, 11) is 0. The van der Waals surface area contributed by atoms with E-state index in [9.17, 15) is 33.9 Å². The number of carbonyl (C=O) groups is 6. The Kier molecular flexibility index (Phi) is 11.0. The molecule has 212 valence electrons. The highest BCUT2D eigenvalue weighted by Crippen LogP contribution is 2.19. The van der Waals surface area contributed by atoms with Crippen LogP contribution in [-0.2, 0) is 35.2 Å². The smallest absolute Gasteiger partial charge is 0.326 e. The Morgan fingerprint density at radius 3 is 2.13 bits per heavy atom. The summed E-state index contributed by atoms with van der Waals surface area (Å²) in [6.07, 6.45) is 0.359. The van der Waals surface area contributed by atoms with Crippen LogP contribution in [0, 0.1) is 5.92 Å². The van der Waals surface area contributed by atoms with Crippen LogP contribution < -0.4 is 27.4 Å². The third-order valence-electron chi connectivity index (χ3n) is 6.01. The Morgan fingerprint density at radius 1 is 0.923 bits per heavy atom. The Hall–Kier alpha value is -4.46. The van der Waals surface area contributed by atoms with Crippen LogP contribution in [0.2, 0.25) is 0 Å². The second-order valence-electron chi connectivity index (χ2n) is 9.46. The number of aromatic amines is 1. The third kappa shape index (κ3) is 9.10. The summed E-state index contributed by atoms with van der Waals surface area (Å²) in [5.41, 5.74) is 12.2. The number of amides is 4. The van der Waals surface area contributed by atoms with Crippen LogP contribution >= 0.6 is 0 Å². The first-order valence-corrected chi connectivity index (χ1v) is 12.2. The number of carbonyl (C=O) groups excluding carboxylic acids is 4. The van der Waals surface area contributed by atoms with Crippen LogP contribution in [-0.4, -0.2) is 74.9 Å². The minimum atomic E-state index is -1.47. The van der Waals surface area contributed by atoms with E-state index in [2.05, 4.69) is 20.9 Å². The minimum absolute atomic E-state index is 0.0406. The van der Waals surface area contributed by atoms with Gasteiger partial charge in [-0.2, -0.15) is 0 Å². The van der Waals surface area contributed by atoms with Crippen LogP contribution in [0.3, 0.4) is 0 Å². The molecular formula is C25H34N6O8. The second kappa shape index (κ2) is 13.9. The first-order chi connectivity index (χ1) is 18.3. The maximum Gasteiger partial charge on any atom is 0.326 e. The lowest BCUT2D eigenvalue weighted by atomic mass is 10.0. The van der Waals surface area contributed by atoms with E-state index in [0.717, 1.165) is 10.9 Å². The largest absolute Gasteiger partial charge is 0.481 e. The monoisotopic (exact) mass is 546 g/mol. The first kappa shape index (κ1) is 30.8. The zero-order valence-electron chi connectivity index (χ0n) is 21.6. The van der Waals surface area contributed by atoms with Gasteiger partial charge < -0.3 is 42.6 Å². The van der Waals surface area contributed by atoms with Gasteiger partial charge in [0.1, 0.15) is 18.1 Å². The third-order valence-corrected chi connectivity index (χ3v) is 6.01. The fourth-order valence-electron chi connectivity index (χ4n) is 3.88. The van der Waals surface area contributed by atoms with E-state index >= 15 is 0 Å². The molecule has 0 saturated carbocycles. The van der Waals surface area contributed by atoms with Crippen LogP contribution in [0.5, 0.6) is 0 Å². The number of aliphatic carboxylic acids is 2. The van der Waals surface area contributed by atoms with E-state index in [1.807, 2.05) is 18.2 Å². The van der Waals surface area contributed by atoms with Crippen molar-refractivity contribution in [3.05, 3.63) is 36.0 Å². The van der Waals surface area contributed by atoms with E-state index < -0.39 is 72.1 Å². The molecular weight excluding hydrogens is 512 g/mol. The van der Waals surface area contributed by atoms with Crippen LogP contribution in [0.25, 0.3) is 10.9 Å². The molecule has 14 nitrogen and oxygen atoms in total. The van der Waals surface area contributed by atoms with Gasteiger partial charge in [-0.05, 0) is 24.0 Å². The molecule has 14 heteroatoms. The standard InChI is InChI=1S/C25H34N6O8/c1-12(2)21(25(38)39)31-24(37)18(9-13-11-28-16-6-4-3-5-14(13)16)30-23(36)17(7-8-19(27)32)29-22(35)15(26)10-20(33)34/h3-6,11-12,15,17-18,21,28H,7-10,26H2,1-2H3,(H2,27,32)(H,29,35)(H,30,36)(H,31,37)(H,33,34)(H,38,39). The number of carboxylic acid groups (broad SMARTS) is 2. The SMILES string of the molecule is CC(C)C(NC(=O)C(Cc1c[nH]c2ccccc12)NC(=O)C(CCC(N)=O)NC(=O)C(N)CC(=O)O)C(=O)O. The molecule has 10 N–H and O–H groups in total. The van der Waals surface area contributed by atoms with Crippen molar-refractivity contribution in [2.24, 2.45) is 17.4 Å². The van der Waals surface area contributed by atoms with E-state index in [4.69, 9.17) is 16.6 Å². The lowest BCUT2D eigenvalue weighted by Crippen LogP contribution is -2.58. The number of hydrogen-bond donors (Lipinski definition) is 8. The molecule has 39 heavy (non-hydrogen) atoms. The predicted molar refractivity (Wildman–Crippen MR) is 139 cm³/mol. The van der Waals surface area contributed by atoms with Crippen molar-refractivity contribution in [2.75, 3.05) is 0 Å². The number of carboxylic acids is 2. The maximum atomic E-state index is 13.3. The van der Waals surface area contributed by atoms with Gasteiger partial charge in [0.2, 0.25) is 23.6 Å².